The number of nitrogens with zero attached hydrogens (tertiary/aromatic N) is 2. The van der Waals surface area contributed by atoms with E-state index < -0.39 is 10.8 Å². The number of carbonyl (C=O) groups is 1. The van der Waals surface area contributed by atoms with E-state index in [0.29, 0.717) is 16.8 Å². The van der Waals surface area contributed by atoms with Crippen LogP contribution in [0.2, 0.25) is 0 Å². The molecular weight excluding hydrogens is 325 g/mol. The molecule has 2 rings (SSSR count). The molecule has 0 saturated carbocycles. The number of nitrogens with one attached hydrogen (secondary N) is 1. The van der Waals surface area contributed by atoms with Crippen LogP contribution in [0.3, 0.4) is 0 Å². The second-order valence-electron chi connectivity index (χ2n) is 4.86. The zero-order valence-electron chi connectivity index (χ0n) is 12.9. The van der Waals surface area contributed by atoms with Crippen LogP contribution in [0, 0.1) is 10.1 Å². The van der Waals surface area contributed by atoms with Crippen molar-refractivity contribution in [3.63, 3.8) is 0 Å². The summed E-state index contributed by atoms with van der Waals surface area (Å²) in [5.41, 5.74) is 1.57. The van der Waals surface area contributed by atoms with Crippen LogP contribution in [0.5, 0.6) is 0 Å². The first-order chi connectivity index (χ1) is 10.4. The number of allylic oxidation sites excluding steroid dienone is 2. The van der Waals surface area contributed by atoms with Gasteiger partial charge in [0.15, 0.2) is 5.78 Å². The van der Waals surface area contributed by atoms with Gasteiger partial charge >= 0.3 is 29.6 Å². The fourth-order valence-electron chi connectivity index (χ4n) is 2.53. The van der Waals surface area contributed by atoms with Gasteiger partial charge in [0.05, 0.1) is 4.92 Å². The average molecular weight is 337 g/mol. The normalized spacial score (nSPS) is 17.0. The molecule has 1 heterocycles. The first-order valence-electron chi connectivity index (χ1n) is 6.41. The molecule has 1 aliphatic heterocycles. The molecule has 1 atom stereocenters. The van der Waals surface area contributed by atoms with E-state index in [0.717, 1.165) is 0 Å². The molecule has 1 aliphatic rings. The molecule has 0 spiro atoms. The van der Waals surface area contributed by atoms with E-state index >= 15 is 0 Å². The van der Waals surface area contributed by atoms with Gasteiger partial charge in [0, 0.05) is 34.9 Å². The number of nitro benzene ring substituents is 1. The predicted octanol–water partition coefficient (Wildman–Crippen LogP) is -0.359. The van der Waals surface area contributed by atoms with Crippen molar-refractivity contribution in [3.05, 3.63) is 62.2 Å². The maximum atomic E-state index is 12.0. The van der Waals surface area contributed by atoms with Crippen molar-refractivity contribution in [1.82, 2.24) is 5.32 Å². The molecule has 1 aromatic carbocycles. The number of nitro groups is 1. The molecule has 23 heavy (non-hydrogen) atoms. The van der Waals surface area contributed by atoms with Crippen LogP contribution >= 0.6 is 12.2 Å². The fraction of sp³-hybridized carbons (Fsp3) is 0.200. The van der Waals surface area contributed by atoms with Gasteiger partial charge in [-0.05, 0) is 19.4 Å². The Morgan fingerprint density at radius 1 is 1.48 bits per heavy atom. The Morgan fingerprint density at radius 3 is 2.65 bits per heavy atom. The summed E-state index contributed by atoms with van der Waals surface area (Å²) in [6.45, 7) is 3.09. The summed E-state index contributed by atoms with van der Waals surface area (Å²) in [5, 5.41) is 23.2. The van der Waals surface area contributed by atoms with Crippen molar-refractivity contribution < 1.29 is 39.3 Å². The Labute approximate surface area is 160 Å². The molecule has 0 aromatic heterocycles. The van der Waals surface area contributed by atoms with Gasteiger partial charge in [0.2, 0.25) is 0 Å². The van der Waals surface area contributed by atoms with Gasteiger partial charge in [-0.3, -0.25) is 20.8 Å². The molecule has 0 amide bonds. The van der Waals surface area contributed by atoms with Gasteiger partial charge in [-0.1, -0.05) is 24.4 Å². The number of non-ortho nitro benzene ring substituents is 1. The van der Waals surface area contributed by atoms with Crippen molar-refractivity contribution in [2.24, 2.45) is 0 Å². The Balaban J connectivity index is 0.00000264. The van der Waals surface area contributed by atoms with Crippen molar-refractivity contribution in [2.75, 3.05) is 0 Å². The monoisotopic (exact) mass is 337 g/mol. The molecule has 1 unspecified atom stereocenters. The topological polar surface area (TPSA) is 94.5 Å². The third-order valence-electron chi connectivity index (χ3n) is 3.44. The first kappa shape index (κ1) is 19.4. The van der Waals surface area contributed by atoms with Crippen molar-refractivity contribution >= 4 is 34.5 Å². The van der Waals surface area contributed by atoms with E-state index in [1.54, 1.807) is 13.0 Å². The number of thiocarbonyl (C=S) groups is 1. The zero-order chi connectivity index (χ0) is 16.4. The summed E-state index contributed by atoms with van der Waals surface area (Å²) in [6, 6.07) is 5.91. The zero-order valence-corrected chi connectivity index (χ0v) is 15.7. The average Bonchev–Trinajstić information content (AvgIpc) is 2.46. The first-order valence-corrected chi connectivity index (χ1v) is 6.82. The summed E-state index contributed by atoms with van der Waals surface area (Å²) < 4.78 is 0. The Morgan fingerprint density at radius 2 is 2.13 bits per heavy atom. The van der Waals surface area contributed by atoms with Crippen LogP contribution < -0.4 is 34.9 Å². The molecular formula is C15H12N3NaO3S. The van der Waals surface area contributed by atoms with Gasteiger partial charge in [-0.25, -0.2) is 0 Å². The largest absolute Gasteiger partial charge is 1.00 e. The molecule has 1 N–H and O–H groups in total. The number of Topliss-reactive ketones (excluding diaryl/α,β-unsaturated/α-hetero) is 1. The van der Waals surface area contributed by atoms with Crippen LogP contribution in [0.1, 0.15) is 25.3 Å². The third kappa shape index (κ3) is 3.83. The molecule has 8 heteroatoms. The molecule has 0 radical (unpaired) electrons. The predicted molar refractivity (Wildman–Crippen MR) is 86.8 cm³/mol. The number of hydrogen-bond donors (Lipinski definition) is 1. The number of rotatable bonds is 3. The van der Waals surface area contributed by atoms with E-state index in [1.807, 2.05) is 5.87 Å². The quantitative estimate of drug-likeness (QED) is 0.203. The van der Waals surface area contributed by atoms with Gasteiger partial charge in [0.25, 0.3) is 5.69 Å². The van der Waals surface area contributed by atoms with E-state index in [4.69, 9.17) is 12.2 Å². The molecule has 112 valence electrons. The van der Waals surface area contributed by atoms with E-state index in [1.165, 1.54) is 25.1 Å². The number of carbonyl (C=O) groups excluding carboxylic acids is 1. The second-order valence-corrected chi connectivity index (χ2v) is 5.27. The van der Waals surface area contributed by atoms with Crippen molar-refractivity contribution in [3.8, 4) is 0 Å². The Kier molecular flexibility index (Phi) is 6.56. The van der Waals surface area contributed by atoms with Crippen molar-refractivity contribution in [2.45, 2.75) is 19.8 Å². The third-order valence-corrected chi connectivity index (χ3v) is 3.76. The summed E-state index contributed by atoms with van der Waals surface area (Å²) in [6.07, 6.45) is 0. The van der Waals surface area contributed by atoms with Crippen LogP contribution in [0.4, 0.5) is 5.69 Å². The minimum Gasteiger partial charge on any atom is -0.763 e. The fourth-order valence-corrected chi connectivity index (χ4v) is 2.85. The maximum Gasteiger partial charge on any atom is 1.00 e. The molecule has 0 aliphatic carbocycles. The van der Waals surface area contributed by atoms with Gasteiger partial charge < -0.3 is 10.7 Å². The number of ketones is 1. The van der Waals surface area contributed by atoms with Gasteiger partial charge in [-0.2, -0.15) is 0 Å². The van der Waals surface area contributed by atoms with E-state index in [2.05, 4.69) is 5.32 Å². The molecule has 6 nitrogen and oxygen atoms in total. The number of benzene rings is 1. The molecule has 0 bridgehead atoms. The van der Waals surface area contributed by atoms with Gasteiger partial charge in [0.1, 0.15) is 4.99 Å². The van der Waals surface area contributed by atoms with Crippen LogP contribution in [0.15, 0.2) is 41.1 Å². The summed E-state index contributed by atoms with van der Waals surface area (Å²) >= 11 is 5.15. The minimum absolute atomic E-state index is 0. The van der Waals surface area contributed by atoms with E-state index in [9.17, 15) is 20.3 Å². The smallest absolute Gasteiger partial charge is 0.763 e. The van der Waals surface area contributed by atoms with E-state index in [-0.39, 0.29) is 51.6 Å². The summed E-state index contributed by atoms with van der Waals surface area (Å²) in [7, 11) is 0. The molecule has 1 aromatic rings. The van der Waals surface area contributed by atoms with Crippen molar-refractivity contribution in [1.29, 1.82) is 0 Å². The van der Waals surface area contributed by atoms with Gasteiger partial charge in [-0.15, -0.1) is 0 Å². The SMILES string of the molecule is CC(=O)C1=C(C)NC(=S)C(=C=[N-])C1c1cccc([N+](=O)[O-])c1.[Na+]. The minimum atomic E-state index is -0.684. The number of hydrogen-bond acceptors (Lipinski definition) is 4. The Bertz CT molecular complexity index is 782. The summed E-state index contributed by atoms with van der Waals surface area (Å²) in [4.78, 5) is 22.7. The van der Waals surface area contributed by atoms with Crippen LogP contribution in [0.25, 0.3) is 5.41 Å². The standard InChI is InChI=1S/C15H12N3O3S.Na/c1-8-13(9(2)19)14(12(7-16)15(22)17-8)10-4-3-5-11(6-10)18(20)21;/h3-6,14H,1-2H3,(H,17,22);/q-1;+1. The molecule has 0 saturated heterocycles. The summed E-state index contributed by atoms with van der Waals surface area (Å²) in [5.74, 6) is 1.12. The molecule has 0 fully saturated rings. The maximum absolute atomic E-state index is 12.0. The Hall–Kier alpha value is -1.63. The second kappa shape index (κ2) is 7.77. The van der Waals surface area contributed by atoms with Crippen LogP contribution in [-0.4, -0.2) is 21.6 Å². The van der Waals surface area contributed by atoms with Crippen LogP contribution in [-0.2, 0) is 4.79 Å².